The molecule has 2 aliphatic rings. The van der Waals surface area contributed by atoms with Gasteiger partial charge in [0.15, 0.2) is 5.78 Å². The van der Waals surface area contributed by atoms with E-state index in [2.05, 4.69) is 4.89 Å². The second kappa shape index (κ2) is 7.10. The van der Waals surface area contributed by atoms with Gasteiger partial charge < -0.3 is 9.84 Å². The number of hydrogen-bond donors (Lipinski definition) is 2. The second-order valence-electron chi connectivity index (χ2n) is 7.86. The standard InChI is InChI=1S/C20H28O6/c1-7-11(2)18(23)25-17-9-16(22)13-8-15(21)14(19(4,5)26-24)10-20(13,6)12(17)3/h7-8,10,12,16-17,22,24H,9H2,1-6H3/b11-7-/t12-,16+,17-,20+/m0/s1. The van der Waals surface area contributed by atoms with Crippen molar-refractivity contribution < 1.29 is 29.6 Å². The van der Waals surface area contributed by atoms with Crippen LogP contribution in [0.3, 0.4) is 0 Å². The topological polar surface area (TPSA) is 93.1 Å². The molecule has 0 spiro atoms. The third kappa shape index (κ3) is 3.41. The Hall–Kier alpha value is -1.76. The lowest BCUT2D eigenvalue weighted by molar-refractivity contribution is -0.300. The Morgan fingerprint density at radius 1 is 1.42 bits per heavy atom. The highest BCUT2D eigenvalue weighted by Gasteiger charge is 2.50. The zero-order valence-corrected chi connectivity index (χ0v) is 16.2. The summed E-state index contributed by atoms with van der Waals surface area (Å²) in [5.41, 5.74) is -0.476. The average molecular weight is 364 g/mol. The quantitative estimate of drug-likeness (QED) is 0.345. The number of hydrogen-bond acceptors (Lipinski definition) is 6. The molecule has 2 rings (SSSR count). The maximum absolute atomic E-state index is 12.5. The third-order valence-electron chi connectivity index (χ3n) is 5.83. The molecular formula is C20H28O6. The number of aliphatic hydroxyl groups is 1. The van der Waals surface area contributed by atoms with Gasteiger partial charge >= 0.3 is 5.97 Å². The van der Waals surface area contributed by atoms with Gasteiger partial charge in [-0.2, -0.15) is 0 Å². The molecule has 6 nitrogen and oxygen atoms in total. The first-order valence-corrected chi connectivity index (χ1v) is 8.82. The van der Waals surface area contributed by atoms with Crippen LogP contribution in [0, 0.1) is 11.3 Å². The molecule has 2 aliphatic carbocycles. The van der Waals surface area contributed by atoms with Crippen LogP contribution in [0.15, 0.2) is 34.9 Å². The van der Waals surface area contributed by atoms with Gasteiger partial charge in [0.05, 0.1) is 6.10 Å². The van der Waals surface area contributed by atoms with Crippen LogP contribution in [0.5, 0.6) is 0 Å². The minimum Gasteiger partial charge on any atom is -0.459 e. The number of ketones is 1. The summed E-state index contributed by atoms with van der Waals surface area (Å²) in [7, 11) is 0. The lowest BCUT2D eigenvalue weighted by atomic mass is 9.59. The van der Waals surface area contributed by atoms with E-state index in [9.17, 15) is 20.0 Å². The van der Waals surface area contributed by atoms with Gasteiger partial charge in [-0.3, -0.25) is 10.1 Å². The highest BCUT2D eigenvalue weighted by Crippen LogP contribution is 2.50. The summed E-state index contributed by atoms with van der Waals surface area (Å²) in [6, 6.07) is 0. The highest BCUT2D eigenvalue weighted by atomic mass is 17.1. The van der Waals surface area contributed by atoms with Crippen molar-refractivity contribution in [2.45, 2.75) is 65.8 Å². The molecule has 6 heteroatoms. The second-order valence-corrected chi connectivity index (χ2v) is 7.86. The number of carbonyl (C=O) groups is 2. The van der Waals surface area contributed by atoms with E-state index in [4.69, 9.17) is 4.74 Å². The van der Waals surface area contributed by atoms with Crippen LogP contribution < -0.4 is 0 Å². The smallest absolute Gasteiger partial charge is 0.333 e. The van der Waals surface area contributed by atoms with Crippen LogP contribution in [-0.2, 0) is 19.2 Å². The van der Waals surface area contributed by atoms with Crippen molar-refractivity contribution >= 4 is 11.8 Å². The molecule has 26 heavy (non-hydrogen) atoms. The first-order chi connectivity index (χ1) is 12.0. The molecule has 1 fully saturated rings. The molecule has 0 heterocycles. The maximum Gasteiger partial charge on any atom is 0.333 e. The number of allylic oxidation sites excluding steroid dienone is 3. The summed E-state index contributed by atoms with van der Waals surface area (Å²) >= 11 is 0. The van der Waals surface area contributed by atoms with E-state index in [0.29, 0.717) is 16.7 Å². The summed E-state index contributed by atoms with van der Waals surface area (Å²) in [4.78, 5) is 29.2. The van der Waals surface area contributed by atoms with Crippen molar-refractivity contribution in [2.75, 3.05) is 0 Å². The molecule has 2 N–H and O–H groups in total. The van der Waals surface area contributed by atoms with Crippen molar-refractivity contribution in [3.63, 3.8) is 0 Å². The summed E-state index contributed by atoms with van der Waals surface area (Å²) in [5.74, 6) is -0.894. The van der Waals surface area contributed by atoms with Gasteiger partial charge in [0, 0.05) is 28.9 Å². The molecule has 0 amide bonds. The minimum absolute atomic E-state index is 0.177. The SMILES string of the molecule is C/C=C(/C)C(=O)O[C@H]1C[C@@H](O)C2=CC(=O)C(C(C)(C)OO)=C[C@]2(C)[C@H]1C. The lowest BCUT2D eigenvalue weighted by Gasteiger charge is -2.48. The summed E-state index contributed by atoms with van der Waals surface area (Å²) < 4.78 is 5.63. The molecule has 0 bridgehead atoms. The molecule has 1 saturated carbocycles. The summed E-state index contributed by atoms with van der Waals surface area (Å²) in [6.07, 6.45) is 3.68. The third-order valence-corrected chi connectivity index (χ3v) is 5.83. The van der Waals surface area contributed by atoms with Crippen molar-refractivity contribution in [1.82, 2.24) is 0 Å². The Morgan fingerprint density at radius 2 is 2.04 bits per heavy atom. The molecule has 0 aromatic heterocycles. The Morgan fingerprint density at radius 3 is 2.58 bits per heavy atom. The van der Waals surface area contributed by atoms with E-state index < -0.39 is 29.2 Å². The van der Waals surface area contributed by atoms with E-state index >= 15 is 0 Å². The normalized spacial score (nSPS) is 32.5. The maximum atomic E-state index is 12.5. The largest absolute Gasteiger partial charge is 0.459 e. The van der Waals surface area contributed by atoms with Gasteiger partial charge in [-0.25, -0.2) is 9.68 Å². The van der Waals surface area contributed by atoms with Crippen molar-refractivity contribution in [3.05, 3.63) is 34.9 Å². The Bertz CT molecular complexity index is 699. The first-order valence-electron chi connectivity index (χ1n) is 8.82. The van der Waals surface area contributed by atoms with Crippen molar-refractivity contribution in [1.29, 1.82) is 0 Å². The number of rotatable bonds is 4. The molecule has 144 valence electrons. The van der Waals surface area contributed by atoms with E-state index in [0.717, 1.165) is 0 Å². The van der Waals surface area contributed by atoms with Gasteiger partial charge in [-0.15, -0.1) is 0 Å². The average Bonchev–Trinajstić information content (AvgIpc) is 2.59. The van der Waals surface area contributed by atoms with Gasteiger partial charge in [0.2, 0.25) is 0 Å². The van der Waals surface area contributed by atoms with Crippen LogP contribution in [0.4, 0.5) is 0 Å². The van der Waals surface area contributed by atoms with E-state index in [1.54, 1.807) is 39.8 Å². The summed E-state index contributed by atoms with van der Waals surface area (Å²) in [5, 5.41) is 19.8. The highest BCUT2D eigenvalue weighted by molar-refractivity contribution is 6.07. The molecule has 4 atom stereocenters. The number of ether oxygens (including phenoxy) is 1. The molecule has 0 unspecified atom stereocenters. The first kappa shape index (κ1) is 20.6. The zero-order valence-electron chi connectivity index (χ0n) is 16.2. The van der Waals surface area contributed by atoms with E-state index in [1.807, 2.05) is 13.8 Å². The molecule has 0 saturated heterocycles. The minimum atomic E-state index is -1.18. The van der Waals surface area contributed by atoms with E-state index in [-0.39, 0.29) is 18.1 Å². The molecule has 0 aliphatic heterocycles. The van der Waals surface area contributed by atoms with Crippen LogP contribution >= 0.6 is 0 Å². The predicted molar refractivity (Wildman–Crippen MR) is 96.2 cm³/mol. The van der Waals surface area contributed by atoms with Gasteiger partial charge in [0.1, 0.15) is 11.7 Å². The van der Waals surface area contributed by atoms with Crippen LogP contribution in [0.1, 0.15) is 48.0 Å². The Labute approximate surface area is 154 Å². The molecular weight excluding hydrogens is 336 g/mol. The molecule has 0 aromatic rings. The fraction of sp³-hybridized carbons (Fsp3) is 0.600. The number of fused-ring (bicyclic) bond motifs is 1. The monoisotopic (exact) mass is 364 g/mol. The van der Waals surface area contributed by atoms with Crippen LogP contribution in [0.25, 0.3) is 0 Å². The fourth-order valence-electron chi connectivity index (χ4n) is 3.63. The fourth-order valence-corrected chi connectivity index (χ4v) is 3.63. The zero-order chi connectivity index (χ0) is 19.9. The number of esters is 1. The van der Waals surface area contributed by atoms with Gasteiger partial charge in [-0.05, 0) is 39.3 Å². The van der Waals surface area contributed by atoms with Crippen LogP contribution in [0.2, 0.25) is 0 Å². The Balaban J connectivity index is 2.43. The number of carbonyl (C=O) groups excluding carboxylic acids is 2. The Kier molecular flexibility index (Phi) is 5.61. The van der Waals surface area contributed by atoms with Crippen molar-refractivity contribution in [3.8, 4) is 0 Å². The van der Waals surface area contributed by atoms with Crippen molar-refractivity contribution in [2.24, 2.45) is 11.3 Å². The lowest BCUT2D eigenvalue weighted by Crippen LogP contribution is -2.50. The number of aliphatic hydroxyl groups excluding tert-OH is 1. The van der Waals surface area contributed by atoms with Gasteiger partial charge in [0.25, 0.3) is 0 Å². The van der Waals surface area contributed by atoms with E-state index in [1.165, 1.54) is 6.08 Å². The summed E-state index contributed by atoms with van der Waals surface area (Å²) in [6.45, 7) is 10.5. The predicted octanol–water partition coefficient (Wildman–Crippen LogP) is 2.98. The van der Waals surface area contributed by atoms with Crippen LogP contribution in [-0.4, -0.2) is 39.9 Å². The molecule has 0 aromatic carbocycles. The molecule has 0 radical (unpaired) electrons. The van der Waals surface area contributed by atoms with Gasteiger partial charge in [-0.1, -0.05) is 26.0 Å².